The van der Waals surface area contributed by atoms with Crippen molar-refractivity contribution in [2.24, 2.45) is 10.7 Å². The van der Waals surface area contributed by atoms with E-state index in [1.54, 1.807) is 13.2 Å². The second kappa shape index (κ2) is 8.31. The molecule has 1 heterocycles. The molecule has 0 bridgehead atoms. The molecule has 146 valence electrons. The number of carbonyl (C=O) groups is 1. The first-order chi connectivity index (χ1) is 14.0. The molecule has 29 heavy (non-hydrogen) atoms. The number of aliphatic imine (C=N–C) groups is 1. The molecular formula is C22H17BrN2O3S. The number of halogens is 1. The smallest absolute Gasteiger partial charge is 0.286 e. The number of thioether (sulfide) groups is 1. The number of fused-ring (bicyclic) bond motifs is 1. The molecule has 5 nitrogen and oxygen atoms in total. The third-order valence-electron chi connectivity index (χ3n) is 4.44. The minimum Gasteiger partial charge on any atom is -0.493 e. The molecule has 0 aromatic heterocycles. The molecule has 7 heteroatoms. The molecule has 1 aliphatic rings. The van der Waals surface area contributed by atoms with E-state index in [4.69, 9.17) is 15.2 Å². The summed E-state index contributed by atoms with van der Waals surface area (Å²) in [5.74, 6) is 0.832. The van der Waals surface area contributed by atoms with Crippen LogP contribution in [-0.2, 0) is 11.4 Å². The van der Waals surface area contributed by atoms with Gasteiger partial charge in [-0.25, -0.2) is 0 Å². The van der Waals surface area contributed by atoms with Crippen LogP contribution in [0.5, 0.6) is 11.5 Å². The number of carbonyl (C=O) groups excluding carboxylic acids is 1. The Morgan fingerprint density at radius 3 is 2.72 bits per heavy atom. The molecular weight excluding hydrogens is 452 g/mol. The van der Waals surface area contributed by atoms with E-state index in [0.29, 0.717) is 23.0 Å². The van der Waals surface area contributed by atoms with Crippen LogP contribution in [0.25, 0.3) is 16.8 Å². The van der Waals surface area contributed by atoms with Gasteiger partial charge < -0.3 is 15.2 Å². The van der Waals surface area contributed by atoms with E-state index in [1.165, 1.54) is 5.39 Å². The van der Waals surface area contributed by atoms with Gasteiger partial charge >= 0.3 is 0 Å². The fourth-order valence-electron chi connectivity index (χ4n) is 3.11. The van der Waals surface area contributed by atoms with E-state index >= 15 is 0 Å². The maximum Gasteiger partial charge on any atom is 0.286 e. The normalized spacial score (nSPS) is 15.0. The minimum atomic E-state index is -0.334. The summed E-state index contributed by atoms with van der Waals surface area (Å²) < 4.78 is 12.4. The number of amides is 1. The van der Waals surface area contributed by atoms with Crippen molar-refractivity contribution in [2.75, 3.05) is 7.11 Å². The Labute approximate surface area is 180 Å². The lowest BCUT2D eigenvalue weighted by Gasteiger charge is -2.15. The molecule has 0 spiro atoms. The van der Waals surface area contributed by atoms with Gasteiger partial charge in [0.2, 0.25) is 0 Å². The van der Waals surface area contributed by atoms with Crippen LogP contribution >= 0.6 is 27.7 Å². The van der Waals surface area contributed by atoms with E-state index < -0.39 is 0 Å². The molecule has 1 amide bonds. The number of hydrogen-bond donors (Lipinski definition) is 1. The van der Waals surface area contributed by atoms with Gasteiger partial charge in [0, 0.05) is 0 Å². The molecule has 0 saturated carbocycles. The number of nitrogens with two attached hydrogens (primary N) is 1. The summed E-state index contributed by atoms with van der Waals surface area (Å²) in [6.07, 6.45) is 1.73. The van der Waals surface area contributed by atoms with E-state index in [1.807, 2.05) is 30.3 Å². The molecule has 0 radical (unpaired) electrons. The number of rotatable bonds is 5. The summed E-state index contributed by atoms with van der Waals surface area (Å²) in [4.78, 5) is 16.0. The van der Waals surface area contributed by atoms with Crippen LogP contribution in [0.4, 0.5) is 0 Å². The first-order valence-electron chi connectivity index (χ1n) is 8.80. The summed E-state index contributed by atoms with van der Waals surface area (Å²) in [5, 5.41) is 2.57. The van der Waals surface area contributed by atoms with E-state index in [0.717, 1.165) is 32.7 Å². The number of methoxy groups -OCH3 is 1. The summed E-state index contributed by atoms with van der Waals surface area (Å²) >= 11 is 4.71. The van der Waals surface area contributed by atoms with Crippen molar-refractivity contribution < 1.29 is 14.3 Å². The SMILES string of the molecule is COc1cc(C=C2SC(N)=NC2=O)cc(Br)c1OCc1cccc2ccccc12. The van der Waals surface area contributed by atoms with Crippen molar-refractivity contribution >= 4 is 55.6 Å². The van der Waals surface area contributed by atoms with Crippen LogP contribution in [0.1, 0.15) is 11.1 Å². The maximum atomic E-state index is 11.8. The van der Waals surface area contributed by atoms with Crippen LogP contribution in [0.2, 0.25) is 0 Å². The highest BCUT2D eigenvalue weighted by Gasteiger charge is 2.20. The monoisotopic (exact) mass is 468 g/mol. The van der Waals surface area contributed by atoms with Crippen molar-refractivity contribution in [3.05, 3.63) is 75.1 Å². The lowest BCUT2D eigenvalue weighted by molar-refractivity contribution is -0.113. The van der Waals surface area contributed by atoms with Gasteiger partial charge in [0.1, 0.15) is 6.61 Å². The largest absolute Gasteiger partial charge is 0.493 e. The topological polar surface area (TPSA) is 73.9 Å². The number of ether oxygens (including phenoxy) is 2. The summed E-state index contributed by atoms with van der Waals surface area (Å²) in [6, 6.07) is 18.0. The predicted molar refractivity (Wildman–Crippen MR) is 121 cm³/mol. The Kier molecular flexibility index (Phi) is 5.60. The zero-order valence-corrected chi connectivity index (χ0v) is 17.9. The zero-order chi connectivity index (χ0) is 20.4. The molecule has 3 aromatic carbocycles. The lowest BCUT2D eigenvalue weighted by Crippen LogP contribution is -2.01. The number of amidine groups is 1. The first kappa shape index (κ1) is 19.5. The summed E-state index contributed by atoms with van der Waals surface area (Å²) in [7, 11) is 1.58. The quantitative estimate of drug-likeness (QED) is 0.526. The molecule has 1 aliphatic heterocycles. The first-order valence-corrected chi connectivity index (χ1v) is 10.4. The Hall–Kier alpha value is -2.77. The van der Waals surface area contributed by atoms with Gasteiger partial charge in [-0.05, 0) is 67.8 Å². The van der Waals surface area contributed by atoms with E-state index in [9.17, 15) is 4.79 Å². The second-order valence-electron chi connectivity index (χ2n) is 6.33. The summed E-state index contributed by atoms with van der Waals surface area (Å²) in [5.41, 5.74) is 7.48. The Morgan fingerprint density at radius 1 is 1.17 bits per heavy atom. The number of nitrogens with zero attached hydrogens (tertiary/aromatic N) is 1. The fraction of sp³-hybridized carbons (Fsp3) is 0.0909. The predicted octanol–water partition coefficient (Wildman–Crippen LogP) is 5.12. The van der Waals surface area contributed by atoms with E-state index in [-0.39, 0.29) is 11.1 Å². The van der Waals surface area contributed by atoms with Crippen LogP contribution in [0, 0.1) is 0 Å². The Balaban J connectivity index is 1.61. The fourth-order valence-corrected chi connectivity index (χ4v) is 4.36. The van der Waals surface area contributed by atoms with Crippen molar-refractivity contribution in [2.45, 2.75) is 6.61 Å². The van der Waals surface area contributed by atoms with Gasteiger partial charge in [-0.1, -0.05) is 42.5 Å². The highest BCUT2D eigenvalue weighted by atomic mass is 79.9. The molecule has 0 unspecified atom stereocenters. The number of benzene rings is 3. The maximum absolute atomic E-state index is 11.8. The second-order valence-corrected chi connectivity index (χ2v) is 8.24. The molecule has 3 aromatic rings. The van der Waals surface area contributed by atoms with Gasteiger partial charge in [-0.2, -0.15) is 4.99 Å². The Bertz CT molecular complexity index is 1170. The molecule has 2 N–H and O–H groups in total. The standard InChI is InChI=1S/C22H17BrN2O3S/c1-27-18-10-13(11-19-21(26)25-22(24)29-19)9-17(23)20(18)28-12-15-7-4-6-14-5-2-3-8-16(14)15/h2-11H,12H2,1H3,(H2,24,25,26). The highest BCUT2D eigenvalue weighted by molar-refractivity contribution is 9.10. The molecule has 4 rings (SSSR count). The van der Waals surface area contributed by atoms with Crippen LogP contribution in [0.15, 0.2) is 69.0 Å². The number of hydrogen-bond acceptors (Lipinski definition) is 5. The van der Waals surface area contributed by atoms with Gasteiger partial charge in [0.05, 0.1) is 16.5 Å². The Morgan fingerprint density at radius 2 is 1.97 bits per heavy atom. The van der Waals surface area contributed by atoms with Gasteiger partial charge in [0.25, 0.3) is 5.91 Å². The molecule has 0 saturated heterocycles. The van der Waals surface area contributed by atoms with Crippen LogP contribution < -0.4 is 15.2 Å². The van der Waals surface area contributed by atoms with Gasteiger partial charge in [-0.15, -0.1) is 0 Å². The summed E-state index contributed by atoms with van der Waals surface area (Å²) in [6.45, 7) is 0.398. The zero-order valence-electron chi connectivity index (χ0n) is 15.5. The van der Waals surface area contributed by atoms with Crippen LogP contribution in [-0.4, -0.2) is 18.2 Å². The van der Waals surface area contributed by atoms with Crippen molar-refractivity contribution in [1.82, 2.24) is 0 Å². The van der Waals surface area contributed by atoms with Gasteiger partial charge in [-0.3, -0.25) is 4.79 Å². The third-order valence-corrected chi connectivity index (χ3v) is 5.84. The van der Waals surface area contributed by atoms with E-state index in [2.05, 4.69) is 45.2 Å². The highest BCUT2D eigenvalue weighted by Crippen LogP contribution is 2.39. The van der Waals surface area contributed by atoms with Crippen molar-refractivity contribution in [1.29, 1.82) is 0 Å². The van der Waals surface area contributed by atoms with Crippen LogP contribution in [0.3, 0.4) is 0 Å². The van der Waals surface area contributed by atoms with Gasteiger partial charge in [0.15, 0.2) is 16.7 Å². The van der Waals surface area contributed by atoms with Crippen molar-refractivity contribution in [3.8, 4) is 11.5 Å². The third kappa shape index (κ3) is 4.16. The lowest BCUT2D eigenvalue weighted by atomic mass is 10.1. The molecule has 0 aliphatic carbocycles. The molecule has 0 atom stereocenters. The minimum absolute atomic E-state index is 0.252. The average Bonchev–Trinajstić information content (AvgIpc) is 3.03. The molecule has 0 fully saturated rings. The average molecular weight is 469 g/mol. The van der Waals surface area contributed by atoms with Crippen molar-refractivity contribution in [3.63, 3.8) is 0 Å².